The van der Waals surface area contributed by atoms with Crippen LogP contribution in [0.1, 0.15) is 6.92 Å². The molecule has 19 heavy (non-hydrogen) atoms. The lowest BCUT2D eigenvalue weighted by Gasteiger charge is -2.06. The largest absolute Gasteiger partial charge is 0.276 e. The Morgan fingerprint density at radius 2 is 2.05 bits per heavy atom. The van der Waals surface area contributed by atoms with E-state index in [1.807, 2.05) is 6.92 Å². The first-order valence-electron chi connectivity index (χ1n) is 5.42. The van der Waals surface area contributed by atoms with E-state index in [2.05, 4.69) is 9.82 Å². The van der Waals surface area contributed by atoms with Crippen molar-refractivity contribution in [2.24, 2.45) is 0 Å². The van der Waals surface area contributed by atoms with Gasteiger partial charge in [0.2, 0.25) is 0 Å². The highest BCUT2D eigenvalue weighted by Crippen LogP contribution is 2.17. The number of benzene rings is 1. The van der Waals surface area contributed by atoms with E-state index in [9.17, 15) is 17.2 Å². The Morgan fingerprint density at radius 3 is 2.63 bits per heavy atom. The van der Waals surface area contributed by atoms with Crippen LogP contribution in [-0.2, 0) is 16.6 Å². The molecule has 0 fully saturated rings. The number of aryl methyl sites for hydroxylation is 1. The van der Waals surface area contributed by atoms with Gasteiger partial charge in [0.25, 0.3) is 10.0 Å². The van der Waals surface area contributed by atoms with Crippen LogP contribution < -0.4 is 4.72 Å². The first-order valence-corrected chi connectivity index (χ1v) is 6.91. The van der Waals surface area contributed by atoms with Crippen molar-refractivity contribution in [3.05, 3.63) is 42.2 Å². The van der Waals surface area contributed by atoms with Crippen LogP contribution in [0, 0.1) is 11.6 Å². The summed E-state index contributed by atoms with van der Waals surface area (Å²) >= 11 is 0. The predicted octanol–water partition coefficient (Wildman–Crippen LogP) is 1.98. The minimum Gasteiger partial charge on any atom is -0.276 e. The van der Waals surface area contributed by atoms with Crippen molar-refractivity contribution < 1.29 is 17.2 Å². The first-order chi connectivity index (χ1) is 8.92. The highest BCUT2D eigenvalue weighted by atomic mass is 32.2. The van der Waals surface area contributed by atoms with Crippen molar-refractivity contribution in [3.8, 4) is 0 Å². The van der Waals surface area contributed by atoms with E-state index in [-0.39, 0.29) is 10.6 Å². The molecule has 0 atom stereocenters. The monoisotopic (exact) mass is 287 g/mol. The van der Waals surface area contributed by atoms with Gasteiger partial charge in [-0.1, -0.05) is 0 Å². The van der Waals surface area contributed by atoms with Crippen LogP contribution in [0.3, 0.4) is 0 Å². The smallest absolute Gasteiger partial charge is 0.262 e. The van der Waals surface area contributed by atoms with Crippen LogP contribution in [0.25, 0.3) is 0 Å². The Labute approximate surface area is 108 Å². The van der Waals surface area contributed by atoms with E-state index in [1.54, 1.807) is 0 Å². The summed E-state index contributed by atoms with van der Waals surface area (Å²) in [7, 11) is -3.96. The molecule has 8 heteroatoms. The van der Waals surface area contributed by atoms with E-state index in [0.717, 1.165) is 12.1 Å². The number of rotatable bonds is 4. The molecule has 1 heterocycles. The van der Waals surface area contributed by atoms with Gasteiger partial charge in [0.15, 0.2) is 11.6 Å². The summed E-state index contributed by atoms with van der Waals surface area (Å²) in [4.78, 5) is -0.351. The van der Waals surface area contributed by atoms with Crippen molar-refractivity contribution in [1.29, 1.82) is 0 Å². The molecule has 0 saturated carbocycles. The van der Waals surface area contributed by atoms with Crippen LogP contribution >= 0.6 is 0 Å². The quantitative estimate of drug-likeness (QED) is 0.935. The third kappa shape index (κ3) is 2.90. The molecule has 1 N–H and O–H groups in total. The first kappa shape index (κ1) is 13.5. The van der Waals surface area contributed by atoms with E-state index >= 15 is 0 Å². The fourth-order valence-corrected chi connectivity index (χ4v) is 2.49. The van der Waals surface area contributed by atoms with Crippen LogP contribution in [0.15, 0.2) is 35.5 Å². The number of sulfonamides is 1. The van der Waals surface area contributed by atoms with E-state index in [4.69, 9.17) is 0 Å². The maximum Gasteiger partial charge on any atom is 0.262 e. The number of nitrogens with zero attached hydrogens (tertiary/aromatic N) is 2. The van der Waals surface area contributed by atoms with Gasteiger partial charge in [0.1, 0.15) is 0 Å². The van der Waals surface area contributed by atoms with Gasteiger partial charge in [-0.25, -0.2) is 17.2 Å². The normalized spacial score (nSPS) is 11.5. The minimum absolute atomic E-state index is 0.256. The lowest BCUT2D eigenvalue weighted by atomic mass is 10.3. The number of halogens is 2. The Hall–Kier alpha value is -1.96. The van der Waals surface area contributed by atoms with E-state index < -0.39 is 21.7 Å². The molecule has 0 unspecified atom stereocenters. The second kappa shape index (κ2) is 4.96. The van der Waals surface area contributed by atoms with Gasteiger partial charge >= 0.3 is 0 Å². The average Bonchev–Trinajstić information content (AvgIpc) is 2.79. The summed E-state index contributed by atoms with van der Waals surface area (Å²) in [5.41, 5.74) is 0.256. The molecule has 0 amide bonds. The lowest BCUT2D eigenvalue weighted by Crippen LogP contribution is -2.13. The third-order valence-electron chi connectivity index (χ3n) is 2.41. The molecular weight excluding hydrogens is 276 g/mol. The molecule has 0 saturated heterocycles. The zero-order chi connectivity index (χ0) is 14.0. The van der Waals surface area contributed by atoms with Gasteiger partial charge in [0, 0.05) is 12.7 Å². The van der Waals surface area contributed by atoms with Gasteiger partial charge < -0.3 is 0 Å². The Kier molecular flexibility index (Phi) is 3.52. The molecule has 0 bridgehead atoms. The number of hydrogen-bond acceptors (Lipinski definition) is 3. The van der Waals surface area contributed by atoms with Crippen molar-refractivity contribution in [2.75, 3.05) is 4.72 Å². The number of hydrogen-bond donors (Lipinski definition) is 1. The summed E-state index contributed by atoms with van der Waals surface area (Å²) in [6.45, 7) is 2.44. The lowest BCUT2D eigenvalue weighted by molar-refractivity contribution is 0.504. The molecule has 0 radical (unpaired) electrons. The predicted molar refractivity (Wildman–Crippen MR) is 65.1 cm³/mol. The van der Waals surface area contributed by atoms with E-state index in [0.29, 0.717) is 12.6 Å². The van der Waals surface area contributed by atoms with Crippen LogP contribution in [0.4, 0.5) is 14.5 Å². The fourth-order valence-electron chi connectivity index (χ4n) is 1.45. The van der Waals surface area contributed by atoms with Crippen molar-refractivity contribution >= 4 is 15.7 Å². The molecule has 0 spiro atoms. The molecule has 0 aliphatic heterocycles. The topological polar surface area (TPSA) is 64.0 Å². The molecule has 1 aromatic heterocycles. The van der Waals surface area contributed by atoms with Crippen LogP contribution in [0.2, 0.25) is 0 Å². The van der Waals surface area contributed by atoms with Gasteiger partial charge in [0.05, 0.1) is 16.8 Å². The summed E-state index contributed by atoms with van der Waals surface area (Å²) in [5, 5.41) is 3.90. The second-order valence-corrected chi connectivity index (χ2v) is 5.45. The van der Waals surface area contributed by atoms with Crippen LogP contribution in [0.5, 0.6) is 0 Å². The number of nitrogens with one attached hydrogen (secondary N) is 1. The number of aromatic nitrogens is 2. The molecule has 0 aliphatic rings. The molecule has 2 rings (SSSR count). The highest BCUT2D eigenvalue weighted by Gasteiger charge is 2.17. The van der Waals surface area contributed by atoms with Crippen molar-refractivity contribution in [3.63, 3.8) is 0 Å². The average molecular weight is 287 g/mol. The molecular formula is C11H11F2N3O2S. The molecule has 0 aliphatic carbocycles. The highest BCUT2D eigenvalue weighted by molar-refractivity contribution is 7.92. The SMILES string of the molecule is CCn1cc(NS(=O)(=O)c2ccc(F)c(F)c2)cn1. The summed E-state index contributed by atoms with van der Waals surface area (Å²) in [6.07, 6.45) is 2.83. The zero-order valence-corrected chi connectivity index (χ0v) is 10.8. The maximum absolute atomic E-state index is 13.0. The Bertz CT molecular complexity index is 698. The maximum atomic E-state index is 13.0. The third-order valence-corrected chi connectivity index (χ3v) is 3.79. The molecule has 5 nitrogen and oxygen atoms in total. The number of anilines is 1. The summed E-state index contributed by atoms with van der Waals surface area (Å²) < 4.78 is 53.4. The van der Waals surface area contributed by atoms with Crippen molar-refractivity contribution in [2.45, 2.75) is 18.4 Å². The zero-order valence-electron chi connectivity index (χ0n) is 9.97. The molecule has 1 aromatic carbocycles. The second-order valence-electron chi connectivity index (χ2n) is 3.77. The standard InChI is InChI=1S/C11H11F2N3O2S/c1-2-16-7-8(6-14-16)15-19(17,18)9-3-4-10(12)11(13)5-9/h3-7,15H,2H2,1H3. The Morgan fingerprint density at radius 1 is 1.32 bits per heavy atom. The molecule has 2 aromatic rings. The van der Waals surface area contributed by atoms with Gasteiger partial charge in [-0.3, -0.25) is 9.40 Å². The summed E-state index contributed by atoms with van der Waals surface area (Å²) in [5.74, 6) is -2.31. The fraction of sp³-hybridized carbons (Fsp3) is 0.182. The van der Waals surface area contributed by atoms with E-state index in [1.165, 1.54) is 17.1 Å². The van der Waals surface area contributed by atoms with Gasteiger partial charge in [-0.2, -0.15) is 5.10 Å². The minimum atomic E-state index is -3.96. The van der Waals surface area contributed by atoms with Crippen LogP contribution in [-0.4, -0.2) is 18.2 Å². The summed E-state index contributed by atoms with van der Waals surface area (Å²) in [6, 6.07) is 2.38. The van der Waals surface area contributed by atoms with Gasteiger partial charge in [-0.05, 0) is 25.1 Å². The van der Waals surface area contributed by atoms with Gasteiger partial charge in [-0.15, -0.1) is 0 Å². The molecule has 102 valence electrons. The Balaban J connectivity index is 2.29. The van der Waals surface area contributed by atoms with Crippen molar-refractivity contribution in [1.82, 2.24) is 9.78 Å².